The van der Waals surface area contributed by atoms with Crippen LogP contribution >= 0.6 is 11.8 Å². The molecule has 16 nitrogen and oxygen atoms in total. The van der Waals surface area contributed by atoms with Crippen molar-refractivity contribution in [3.05, 3.63) is 36.0 Å². The third-order valence-electron chi connectivity index (χ3n) is 9.70. The number of aromatic nitrogens is 1. The van der Waals surface area contributed by atoms with Crippen LogP contribution in [0.2, 0.25) is 0 Å². The number of hydrogen-bond acceptors (Lipinski definition) is 9. The van der Waals surface area contributed by atoms with Crippen molar-refractivity contribution in [3.8, 4) is 0 Å². The predicted molar refractivity (Wildman–Crippen MR) is 215 cm³/mol. The fourth-order valence-corrected chi connectivity index (χ4v) is 7.29. The summed E-state index contributed by atoms with van der Waals surface area (Å²) in [6.07, 6.45) is 5.44. The van der Waals surface area contributed by atoms with Gasteiger partial charge in [-0.3, -0.25) is 28.8 Å². The quantitative estimate of drug-likeness (QED) is 0.0852. The van der Waals surface area contributed by atoms with Gasteiger partial charge < -0.3 is 47.3 Å². The lowest BCUT2D eigenvalue weighted by molar-refractivity contribution is -0.143. The van der Waals surface area contributed by atoms with Gasteiger partial charge in [0.15, 0.2) is 0 Å². The molecule has 1 aromatic carbocycles. The maximum Gasteiger partial charge on any atom is 0.326 e. The van der Waals surface area contributed by atoms with E-state index in [1.165, 1.54) is 16.7 Å². The van der Waals surface area contributed by atoms with Gasteiger partial charge in [-0.2, -0.15) is 11.8 Å². The number of para-hydroxylation sites is 1. The number of carboxylic acid groups (broad SMARTS) is 1. The number of thioether (sulfide) groups is 1. The molecule has 2 heterocycles. The third kappa shape index (κ3) is 13.2. The highest BCUT2D eigenvalue weighted by atomic mass is 32.2. The number of aliphatic carboxylic acids is 1. The van der Waals surface area contributed by atoms with Crippen LogP contribution < -0.4 is 32.3 Å². The van der Waals surface area contributed by atoms with E-state index in [1.54, 1.807) is 13.1 Å². The number of rotatable bonds is 22. The van der Waals surface area contributed by atoms with E-state index in [1.807, 2.05) is 58.2 Å². The van der Waals surface area contributed by atoms with E-state index in [0.29, 0.717) is 25.0 Å². The summed E-state index contributed by atoms with van der Waals surface area (Å²) in [5, 5.41) is 24.0. The number of nitrogens with two attached hydrogens (primary N) is 1. The summed E-state index contributed by atoms with van der Waals surface area (Å²) in [4.78, 5) is 97.6. The highest BCUT2D eigenvalue weighted by Gasteiger charge is 2.40. The Morgan fingerprint density at radius 2 is 1.45 bits per heavy atom. The number of carbonyl (C=O) groups is 7. The van der Waals surface area contributed by atoms with Crippen molar-refractivity contribution in [2.75, 3.05) is 25.1 Å². The van der Waals surface area contributed by atoms with Crippen molar-refractivity contribution < 1.29 is 38.7 Å². The molecule has 6 atom stereocenters. The number of benzene rings is 1. The van der Waals surface area contributed by atoms with E-state index in [9.17, 15) is 38.7 Å². The van der Waals surface area contributed by atoms with Crippen LogP contribution in [0.1, 0.15) is 78.7 Å². The molecule has 1 fully saturated rings. The number of fused-ring (bicyclic) bond motifs is 1. The van der Waals surface area contributed by atoms with Gasteiger partial charge in [-0.25, -0.2) is 4.79 Å². The first-order valence-electron chi connectivity index (χ1n) is 19.4. The minimum atomic E-state index is -1.17. The molecular weight excluding hydrogens is 741 g/mol. The molecule has 0 saturated carbocycles. The van der Waals surface area contributed by atoms with Gasteiger partial charge in [0.2, 0.25) is 35.4 Å². The lowest BCUT2D eigenvalue weighted by Crippen LogP contribution is -2.59. The molecule has 0 bridgehead atoms. The Morgan fingerprint density at radius 3 is 2.04 bits per heavy atom. The summed E-state index contributed by atoms with van der Waals surface area (Å²) in [7, 11) is 0. The topological polar surface area (TPSA) is 245 Å². The second-order valence-electron chi connectivity index (χ2n) is 15.1. The van der Waals surface area contributed by atoms with E-state index in [4.69, 9.17) is 5.73 Å². The van der Waals surface area contributed by atoms with Crippen LogP contribution in [-0.2, 0) is 40.0 Å². The Labute approximate surface area is 333 Å². The summed E-state index contributed by atoms with van der Waals surface area (Å²) in [5.41, 5.74) is 7.15. The number of aromatic amines is 1. The highest BCUT2D eigenvalue weighted by molar-refractivity contribution is 7.98. The van der Waals surface area contributed by atoms with E-state index in [2.05, 4.69) is 31.6 Å². The van der Waals surface area contributed by atoms with Crippen LogP contribution in [0.5, 0.6) is 0 Å². The zero-order valence-electron chi connectivity index (χ0n) is 33.3. The van der Waals surface area contributed by atoms with Crippen molar-refractivity contribution in [1.29, 1.82) is 0 Å². The molecule has 56 heavy (non-hydrogen) atoms. The Hall–Kier alpha value is -4.64. The lowest BCUT2D eigenvalue weighted by atomic mass is 10.00. The number of amides is 6. The number of nitrogens with one attached hydrogen (secondary N) is 6. The number of nitrogens with zero attached hydrogens (tertiary/aromatic N) is 1. The summed E-state index contributed by atoms with van der Waals surface area (Å²) in [5.74, 6) is -4.03. The maximum atomic E-state index is 14.5. The zero-order valence-corrected chi connectivity index (χ0v) is 34.1. The van der Waals surface area contributed by atoms with Gasteiger partial charge in [-0.05, 0) is 74.0 Å². The molecule has 17 heteroatoms. The van der Waals surface area contributed by atoms with Crippen LogP contribution in [-0.4, -0.2) is 118 Å². The van der Waals surface area contributed by atoms with Gasteiger partial charge >= 0.3 is 5.97 Å². The van der Waals surface area contributed by atoms with Crippen LogP contribution in [0.3, 0.4) is 0 Å². The monoisotopic (exact) mass is 800 g/mol. The Balaban J connectivity index is 1.84. The number of H-pyrrole nitrogens is 1. The molecule has 0 spiro atoms. The van der Waals surface area contributed by atoms with Gasteiger partial charge in [0.05, 0.1) is 6.54 Å². The SMILES string of the molecule is CC[C@H](NC(=O)[C@H](CC(C)C)NC(=O)[C@@H]1CCCN1C(=O)[C@H](Cc1c[nH]c2ccccc12)NC(=O)[C@H](CC(C)C)NC(=O)CN)C(=O)N[C@@H](CCSC)C(=O)O. The summed E-state index contributed by atoms with van der Waals surface area (Å²) in [6, 6.07) is 1.33. The molecule has 1 aromatic heterocycles. The smallest absolute Gasteiger partial charge is 0.326 e. The Kier molecular flexibility index (Phi) is 18.1. The molecule has 1 aliphatic rings. The van der Waals surface area contributed by atoms with E-state index < -0.39 is 77.7 Å². The molecule has 9 N–H and O–H groups in total. The first-order valence-corrected chi connectivity index (χ1v) is 20.8. The number of likely N-dealkylation sites (tertiary alicyclic amines) is 1. The molecule has 0 aliphatic carbocycles. The van der Waals surface area contributed by atoms with E-state index >= 15 is 0 Å². The maximum absolute atomic E-state index is 14.5. The van der Waals surface area contributed by atoms with Crippen LogP contribution in [0.15, 0.2) is 30.5 Å². The summed E-state index contributed by atoms with van der Waals surface area (Å²) < 4.78 is 0. The number of hydrogen-bond donors (Lipinski definition) is 8. The van der Waals surface area contributed by atoms with Crippen molar-refractivity contribution in [2.45, 2.75) is 116 Å². The van der Waals surface area contributed by atoms with Crippen LogP contribution in [0.4, 0.5) is 0 Å². The fourth-order valence-electron chi connectivity index (χ4n) is 6.81. The first-order chi connectivity index (χ1) is 26.6. The summed E-state index contributed by atoms with van der Waals surface area (Å²) in [6.45, 7) is 9.18. The van der Waals surface area contributed by atoms with Crippen LogP contribution in [0, 0.1) is 11.8 Å². The molecule has 0 unspecified atom stereocenters. The minimum Gasteiger partial charge on any atom is -0.480 e. The fraction of sp³-hybridized carbons (Fsp3) is 0.615. The zero-order chi connectivity index (χ0) is 41.5. The standard InChI is InChI=1S/C39H60N8O8S/c1-7-26(34(49)44-28(39(54)55)14-16-56-6)43-36(51)30(18-23(4)5)45-37(52)32-13-10-15-47(32)38(53)31(19-24-21-41-27-12-9-8-11-25(24)27)46-35(50)29(17-22(2)3)42-33(48)20-40/h8-9,11-12,21-23,26,28-32,41H,7,10,13-20,40H2,1-6H3,(H,42,48)(H,43,51)(H,44,49)(H,45,52)(H,46,50)(H,54,55)/t26-,28-,29-,30-,31-,32-/m0/s1. The summed E-state index contributed by atoms with van der Waals surface area (Å²) >= 11 is 1.45. The molecule has 1 saturated heterocycles. The number of carbonyl (C=O) groups excluding carboxylic acids is 6. The Morgan fingerprint density at radius 1 is 0.857 bits per heavy atom. The van der Waals surface area contributed by atoms with Crippen molar-refractivity contribution in [3.63, 3.8) is 0 Å². The number of carboxylic acids is 1. The molecule has 1 aliphatic heterocycles. The average Bonchev–Trinajstić information content (AvgIpc) is 3.81. The van der Waals surface area contributed by atoms with Gasteiger partial charge in [0.25, 0.3) is 0 Å². The first kappa shape index (κ1) is 45.7. The van der Waals surface area contributed by atoms with Crippen LogP contribution in [0.25, 0.3) is 10.9 Å². The molecule has 6 amide bonds. The van der Waals surface area contributed by atoms with Gasteiger partial charge in [-0.15, -0.1) is 0 Å². The highest BCUT2D eigenvalue weighted by Crippen LogP contribution is 2.24. The van der Waals surface area contributed by atoms with Crippen molar-refractivity contribution >= 4 is 64.1 Å². The predicted octanol–water partition coefficient (Wildman–Crippen LogP) is 1.42. The minimum absolute atomic E-state index is 0.0304. The average molecular weight is 801 g/mol. The third-order valence-corrected chi connectivity index (χ3v) is 10.3. The van der Waals surface area contributed by atoms with Crippen molar-refractivity contribution in [2.24, 2.45) is 17.6 Å². The lowest BCUT2D eigenvalue weighted by Gasteiger charge is -2.31. The largest absolute Gasteiger partial charge is 0.480 e. The second kappa shape index (κ2) is 22.2. The van der Waals surface area contributed by atoms with E-state index in [-0.39, 0.29) is 50.6 Å². The Bertz CT molecular complexity index is 1680. The molecular formula is C39H60N8O8S. The van der Waals surface area contributed by atoms with Gasteiger partial charge in [0, 0.05) is 30.1 Å². The normalized spacial score (nSPS) is 16.8. The molecule has 310 valence electrons. The van der Waals surface area contributed by atoms with E-state index in [0.717, 1.165) is 16.5 Å². The molecule has 3 rings (SSSR count). The van der Waals surface area contributed by atoms with Crippen molar-refractivity contribution in [1.82, 2.24) is 36.5 Å². The van der Waals surface area contributed by atoms with Gasteiger partial charge in [0.1, 0.15) is 36.3 Å². The molecule has 2 aromatic rings. The second-order valence-corrected chi connectivity index (χ2v) is 16.1. The molecule has 0 radical (unpaired) electrons. The van der Waals surface area contributed by atoms with Gasteiger partial charge in [-0.1, -0.05) is 52.8 Å².